The van der Waals surface area contributed by atoms with E-state index in [9.17, 15) is 0 Å². The fourth-order valence-electron chi connectivity index (χ4n) is 7.69. The molecule has 1 heterocycles. The first kappa shape index (κ1) is 35.8. The summed E-state index contributed by atoms with van der Waals surface area (Å²) >= 11 is 0. The second kappa shape index (κ2) is 16.2. The van der Waals surface area contributed by atoms with Gasteiger partial charge in [-0.2, -0.15) is 0 Å². The largest absolute Gasteiger partial charge is 0.673 e. The third kappa shape index (κ3) is 7.25. The molecule has 4 aromatic carbocycles. The first-order valence-electron chi connectivity index (χ1n) is 16.5. The zero-order valence-electron chi connectivity index (χ0n) is 28.1. The van der Waals surface area contributed by atoms with Crippen molar-refractivity contribution in [2.24, 2.45) is 0 Å². The van der Waals surface area contributed by atoms with Crippen molar-refractivity contribution in [2.75, 3.05) is 0 Å². The van der Waals surface area contributed by atoms with Crippen molar-refractivity contribution in [2.45, 2.75) is 89.0 Å². The van der Waals surface area contributed by atoms with E-state index in [1.807, 2.05) is 6.07 Å². The van der Waals surface area contributed by atoms with Gasteiger partial charge in [0.05, 0.1) is 0 Å². The van der Waals surface area contributed by atoms with Gasteiger partial charge >= 0.3 is 0 Å². The van der Waals surface area contributed by atoms with E-state index in [1.165, 1.54) is 90.1 Å². The van der Waals surface area contributed by atoms with Gasteiger partial charge in [-0.05, 0) is 66.8 Å². The van der Waals surface area contributed by atoms with Crippen LogP contribution in [-0.4, -0.2) is 4.98 Å². The molecule has 1 atom stereocenters. The Hall–Kier alpha value is -3.04. The average molecular weight is 771 g/mol. The number of hydrogen-bond donors (Lipinski definition) is 0. The van der Waals surface area contributed by atoms with Crippen LogP contribution in [0.25, 0.3) is 27.3 Å². The minimum atomic E-state index is -0.184. The van der Waals surface area contributed by atoms with Gasteiger partial charge in [-0.15, -0.1) is 34.8 Å². The summed E-state index contributed by atoms with van der Waals surface area (Å²) in [6.07, 6.45) is 10.4. The normalized spacial score (nSPS) is 15.6. The molecule has 2 nitrogen and oxygen atoms in total. The molecule has 0 bridgehead atoms. The van der Waals surface area contributed by atoms with Crippen LogP contribution < -0.4 is 0 Å². The van der Waals surface area contributed by atoms with Gasteiger partial charge in [-0.25, -0.2) is 0 Å². The number of aromatic nitrogens is 1. The van der Waals surface area contributed by atoms with Crippen molar-refractivity contribution in [3.63, 3.8) is 0 Å². The smallest absolute Gasteiger partial charge is 0.0195 e. The zero-order chi connectivity index (χ0) is 29.2. The van der Waals surface area contributed by atoms with E-state index in [2.05, 4.69) is 111 Å². The zero-order valence-corrected chi connectivity index (χ0v) is 31.7. The summed E-state index contributed by atoms with van der Waals surface area (Å²) in [6.45, 7) is 4.59. The van der Waals surface area contributed by atoms with Gasteiger partial charge in [0.1, 0.15) is 0 Å². The van der Waals surface area contributed by atoms with Gasteiger partial charge < -0.3 is 25.2 Å². The fraction of sp³-hybridized carbons (Fsp3) is 0.326. The number of hydrogen-bond acceptors (Lipinski definition) is 1. The number of nitrogens with zero attached hydrogens (tertiary/aromatic N) is 2. The molecule has 1 unspecified atom stereocenters. The number of rotatable bonds is 8. The molecule has 238 valence electrons. The van der Waals surface area contributed by atoms with E-state index in [4.69, 9.17) is 10.3 Å². The van der Waals surface area contributed by atoms with Crippen LogP contribution in [0.15, 0.2) is 97.1 Å². The standard InChI is InChI=1S/C41H42N2.2CH3.Hf/c1-28(2)32-20-9-10-22-37(32)41(39-27-13-26-38(42-39)36-25-11-19-29-14-7-8-21-33(29)36)43-40-34(30-15-3-4-16-30)23-12-24-35(40)31-17-5-6-18-31;;;/h7-14,19-24,26-28,30-31,41H,3-6,15-18H2,1-2H3;2*1H3;/q-2;2*-1;. The summed E-state index contributed by atoms with van der Waals surface area (Å²) in [7, 11) is 0. The summed E-state index contributed by atoms with van der Waals surface area (Å²) in [5, 5.41) is 8.25. The van der Waals surface area contributed by atoms with E-state index < -0.39 is 0 Å². The van der Waals surface area contributed by atoms with Crippen molar-refractivity contribution in [3.8, 4) is 11.3 Å². The third-order valence-electron chi connectivity index (χ3n) is 9.89. The van der Waals surface area contributed by atoms with Crippen LogP contribution in [0, 0.1) is 20.9 Å². The molecule has 3 heteroatoms. The van der Waals surface area contributed by atoms with Crippen LogP contribution in [0.4, 0.5) is 5.69 Å². The van der Waals surface area contributed by atoms with Gasteiger partial charge in [0.15, 0.2) is 0 Å². The van der Waals surface area contributed by atoms with Crippen molar-refractivity contribution in [3.05, 3.63) is 151 Å². The minimum absolute atomic E-state index is 0. The Morgan fingerprint density at radius 1 is 0.674 bits per heavy atom. The van der Waals surface area contributed by atoms with E-state index in [0.717, 1.165) is 17.0 Å². The number of para-hydroxylation sites is 1. The molecule has 1 aromatic heterocycles. The maximum atomic E-state index is 5.86. The SMILES string of the molecule is CC(C)c1ccccc1C([N-]c1c(C2CCCC2)cccc1C1CCCC1)c1cccc(-c2[c-]ccc3ccccc23)n1.[CH3-].[CH3-].[Hf]. The van der Waals surface area contributed by atoms with Gasteiger partial charge in [0.2, 0.25) is 0 Å². The molecule has 0 radical (unpaired) electrons. The Bertz CT molecular complexity index is 1670. The number of pyridine rings is 1. The molecular weight excluding hydrogens is 723 g/mol. The molecule has 46 heavy (non-hydrogen) atoms. The molecular formula is C43H48HfN2-4. The molecule has 0 aliphatic heterocycles. The van der Waals surface area contributed by atoms with Crippen LogP contribution in [0.1, 0.15) is 117 Å². The number of fused-ring (bicyclic) bond motifs is 1. The maximum Gasteiger partial charge on any atom is 0.0195 e. The van der Waals surface area contributed by atoms with Crippen molar-refractivity contribution in [1.29, 1.82) is 0 Å². The molecule has 2 saturated carbocycles. The van der Waals surface area contributed by atoms with Crippen molar-refractivity contribution in [1.82, 2.24) is 4.98 Å². The van der Waals surface area contributed by atoms with E-state index in [1.54, 1.807) is 0 Å². The molecule has 7 rings (SSSR count). The minimum Gasteiger partial charge on any atom is -0.673 e. The molecule has 0 saturated heterocycles. The molecule has 5 aromatic rings. The molecule has 2 fully saturated rings. The van der Waals surface area contributed by atoms with Crippen LogP contribution in [0.5, 0.6) is 0 Å². The summed E-state index contributed by atoms with van der Waals surface area (Å²) in [5.74, 6) is 1.60. The van der Waals surface area contributed by atoms with E-state index in [-0.39, 0.29) is 46.7 Å². The fourth-order valence-corrected chi connectivity index (χ4v) is 7.69. The van der Waals surface area contributed by atoms with E-state index >= 15 is 0 Å². The van der Waals surface area contributed by atoms with Crippen LogP contribution in [-0.2, 0) is 25.8 Å². The Labute approximate surface area is 297 Å². The Kier molecular flexibility index (Phi) is 12.6. The number of benzene rings is 4. The molecule has 2 aliphatic carbocycles. The van der Waals surface area contributed by atoms with Gasteiger partial charge in [0, 0.05) is 31.5 Å². The summed E-state index contributed by atoms with van der Waals surface area (Å²) in [5.41, 5.74) is 9.81. The van der Waals surface area contributed by atoms with Crippen molar-refractivity contribution < 1.29 is 25.8 Å². The summed E-state index contributed by atoms with van der Waals surface area (Å²) < 4.78 is 0. The Morgan fingerprint density at radius 2 is 1.26 bits per heavy atom. The van der Waals surface area contributed by atoms with Crippen molar-refractivity contribution >= 4 is 16.5 Å². The Morgan fingerprint density at radius 3 is 1.91 bits per heavy atom. The predicted molar refractivity (Wildman–Crippen MR) is 193 cm³/mol. The topological polar surface area (TPSA) is 27.0 Å². The summed E-state index contributed by atoms with van der Waals surface area (Å²) in [4.78, 5) is 5.40. The second-order valence-electron chi connectivity index (χ2n) is 13.0. The van der Waals surface area contributed by atoms with Crippen LogP contribution >= 0.6 is 0 Å². The average Bonchev–Trinajstić information content (AvgIpc) is 3.79. The van der Waals surface area contributed by atoms with Gasteiger partial charge in [0.25, 0.3) is 0 Å². The predicted octanol–water partition coefficient (Wildman–Crippen LogP) is 12.8. The van der Waals surface area contributed by atoms with Crippen LogP contribution in [0.2, 0.25) is 0 Å². The quantitative estimate of drug-likeness (QED) is 0.114. The van der Waals surface area contributed by atoms with Gasteiger partial charge in [-0.3, -0.25) is 0 Å². The molecule has 0 spiro atoms. The first-order valence-corrected chi connectivity index (χ1v) is 16.5. The molecule has 0 N–H and O–H groups in total. The maximum absolute atomic E-state index is 5.86. The molecule has 0 amide bonds. The Balaban J connectivity index is 0.00000160. The van der Waals surface area contributed by atoms with Crippen LogP contribution in [0.3, 0.4) is 0 Å². The second-order valence-corrected chi connectivity index (χ2v) is 13.0. The van der Waals surface area contributed by atoms with E-state index in [0.29, 0.717) is 17.8 Å². The summed E-state index contributed by atoms with van der Waals surface area (Å²) in [6, 6.07) is 38.5. The molecule has 2 aliphatic rings. The first-order chi connectivity index (χ1) is 21.2. The van der Waals surface area contributed by atoms with Gasteiger partial charge in [-0.1, -0.05) is 140 Å². The monoisotopic (exact) mass is 772 g/mol. The third-order valence-corrected chi connectivity index (χ3v) is 9.89.